The van der Waals surface area contributed by atoms with Crippen LogP contribution in [0.2, 0.25) is 5.02 Å². The Bertz CT molecular complexity index is 857. The van der Waals surface area contributed by atoms with Gasteiger partial charge in [0.2, 0.25) is 0 Å². The van der Waals surface area contributed by atoms with Crippen LogP contribution in [0.4, 0.5) is 5.82 Å². The number of anilines is 1. The van der Waals surface area contributed by atoms with E-state index in [1.54, 1.807) is 10.9 Å². The molecule has 0 radical (unpaired) electrons. The van der Waals surface area contributed by atoms with Crippen molar-refractivity contribution in [3.63, 3.8) is 0 Å². The predicted octanol–water partition coefficient (Wildman–Crippen LogP) is 4.74. The topological polar surface area (TPSA) is 59.8 Å². The van der Waals surface area contributed by atoms with Gasteiger partial charge < -0.3 is 5.32 Å². The monoisotopic (exact) mass is 410 g/mol. The number of rotatable bonds is 6. The first-order valence-corrected chi connectivity index (χ1v) is 10.9. The molecule has 5 nitrogen and oxygen atoms in total. The Labute approximate surface area is 163 Å². The maximum Gasteiger partial charge on any atom is 0.261 e. The van der Waals surface area contributed by atoms with E-state index in [2.05, 4.69) is 14.8 Å². The number of amides is 1. The molecule has 0 atom stereocenters. The number of thioether (sulfide) groups is 2. The highest BCUT2D eigenvalue weighted by Gasteiger charge is 2.22. The number of nitrogens with one attached hydrogen (secondary N) is 1. The number of carbonyl (C=O) groups excluding carboxylic acids is 1. The summed E-state index contributed by atoms with van der Waals surface area (Å²) in [6.45, 7) is 0.586. The lowest BCUT2D eigenvalue weighted by Gasteiger charge is -2.04. The van der Waals surface area contributed by atoms with Gasteiger partial charge >= 0.3 is 0 Å². The maximum absolute atomic E-state index is 12.7. The van der Waals surface area contributed by atoms with Gasteiger partial charge in [-0.25, -0.2) is 0 Å². The number of halogens is 1. The first-order chi connectivity index (χ1) is 12.1. The normalized spacial score (nSPS) is 10.8. The number of nitrogens with zero attached hydrogens (tertiary/aromatic N) is 3. The van der Waals surface area contributed by atoms with Gasteiger partial charge in [-0.15, -0.1) is 23.5 Å². The molecule has 1 N–H and O–H groups in total. The number of carbonyl (C=O) groups is 1. The van der Waals surface area contributed by atoms with Gasteiger partial charge in [0.1, 0.15) is 10.0 Å². The van der Waals surface area contributed by atoms with Gasteiger partial charge in [0.05, 0.1) is 16.3 Å². The fourth-order valence-corrected chi connectivity index (χ4v) is 4.71. The Morgan fingerprint density at radius 3 is 2.72 bits per heavy atom. The molecule has 0 saturated carbocycles. The summed E-state index contributed by atoms with van der Waals surface area (Å²) in [5, 5.41) is 8.31. The van der Waals surface area contributed by atoms with E-state index in [9.17, 15) is 4.79 Å². The summed E-state index contributed by atoms with van der Waals surface area (Å²) in [4.78, 5) is 12.7. The third-order valence-corrected chi connectivity index (χ3v) is 6.39. The fourth-order valence-electron chi connectivity index (χ4n) is 2.23. The van der Waals surface area contributed by atoms with Gasteiger partial charge in [0.15, 0.2) is 5.82 Å². The van der Waals surface area contributed by atoms with Crippen molar-refractivity contribution < 1.29 is 4.79 Å². The van der Waals surface area contributed by atoms with Gasteiger partial charge in [0.25, 0.3) is 5.91 Å². The lowest BCUT2D eigenvalue weighted by Crippen LogP contribution is -2.14. The second-order valence-corrected chi connectivity index (χ2v) is 8.07. The lowest BCUT2D eigenvalue weighted by atomic mass is 10.2. The molecule has 1 amide bonds. The smallest absolute Gasteiger partial charge is 0.261 e. The Balaban J connectivity index is 1.79. The average molecular weight is 411 g/mol. The Hall–Kier alpha value is -1.48. The van der Waals surface area contributed by atoms with E-state index in [4.69, 9.17) is 11.6 Å². The summed E-state index contributed by atoms with van der Waals surface area (Å²) >= 11 is 10.5. The molecule has 3 rings (SSSR count). The summed E-state index contributed by atoms with van der Waals surface area (Å²) in [6.07, 6.45) is 5.54. The van der Waals surface area contributed by atoms with Crippen LogP contribution in [0.25, 0.3) is 0 Å². The highest BCUT2D eigenvalue weighted by Crippen LogP contribution is 2.33. The zero-order valence-corrected chi connectivity index (χ0v) is 16.7. The van der Waals surface area contributed by atoms with Gasteiger partial charge in [-0.05, 0) is 29.6 Å². The van der Waals surface area contributed by atoms with Crippen LogP contribution in [0, 0.1) is 0 Å². The largest absolute Gasteiger partial charge is 0.304 e. The van der Waals surface area contributed by atoms with Crippen LogP contribution in [0.1, 0.15) is 15.9 Å². The van der Waals surface area contributed by atoms with E-state index < -0.39 is 0 Å². The molecule has 130 valence electrons. The number of aromatic nitrogens is 3. The van der Waals surface area contributed by atoms with E-state index in [0.717, 1.165) is 9.77 Å². The first kappa shape index (κ1) is 18.3. The van der Waals surface area contributed by atoms with E-state index in [1.165, 1.54) is 35.1 Å². The standard InChI is InChI=1S/C16H15ClN4OS3/c1-23-15-12(16(24-2)25-20-15)14(22)18-13-11(17)9-21(19-13)8-10-6-4-3-5-7-10/h3-7,9H,8H2,1-2H3,(H,18,19,22). The minimum Gasteiger partial charge on any atom is -0.304 e. The molecule has 1 aromatic carbocycles. The summed E-state index contributed by atoms with van der Waals surface area (Å²) in [6, 6.07) is 9.94. The minimum absolute atomic E-state index is 0.241. The number of hydrogen-bond acceptors (Lipinski definition) is 6. The Morgan fingerprint density at radius 2 is 2.04 bits per heavy atom. The molecule has 0 bridgehead atoms. The predicted molar refractivity (Wildman–Crippen MR) is 106 cm³/mol. The van der Waals surface area contributed by atoms with Crippen LogP contribution in [-0.2, 0) is 6.54 Å². The van der Waals surface area contributed by atoms with Crippen molar-refractivity contribution in [2.45, 2.75) is 15.8 Å². The summed E-state index contributed by atoms with van der Waals surface area (Å²) < 4.78 is 6.90. The molecule has 0 aliphatic rings. The molecular weight excluding hydrogens is 396 g/mol. The quantitative estimate of drug-likeness (QED) is 0.595. The maximum atomic E-state index is 12.7. The highest BCUT2D eigenvalue weighted by molar-refractivity contribution is 8.01. The van der Waals surface area contributed by atoms with E-state index in [1.807, 2.05) is 42.8 Å². The molecule has 9 heteroatoms. The van der Waals surface area contributed by atoms with Crippen LogP contribution in [0.15, 0.2) is 45.8 Å². The van der Waals surface area contributed by atoms with Crippen molar-refractivity contribution in [2.24, 2.45) is 0 Å². The average Bonchev–Trinajstić information content (AvgIpc) is 3.19. The molecule has 0 spiro atoms. The van der Waals surface area contributed by atoms with Crippen LogP contribution < -0.4 is 5.32 Å². The summed E-state index contributed by atoms with van der Waals surface area (Å²) in [5.41, 5.74) is 1.69. The number of benzene rings is 1. The van der Waals surface area contributed by atoms with Crippen LogP contribution in [-0.4, -0.2) is 32.6 Å². The van der Waals surface area contributed by atoms with Crippen molar-refractivity contribution in [3.8, 4) is 0 Å². The first-order valence-electron chi connectivity index (χ1n) is 7.28. The van der Waals surface area contributed by atoms with Gasteiger partial charge in [0, 0.05) is 6.20 Å². The van der Waals surface area contributed by atoms with E-state index >= 15 is 0 Å². The van der Waals surface area contributed by atoms with Crippen molar-refractivity contribution in [1.82, 2.24) is 14.2 Å². The fraction of sp³-hybridized carbons (Fsp3) is 0.188. The zero-order chi connectivity index (χ0) is 17.8. The molecule has 2 aromatic heterocycles. The zero-order valence-electron chi connectivity index (χ0n) is 13.5. The van der Waals surface area contributed by atoms with Crippen molar-refractivity contribution in [2.75, 3.05) is 17.8 Å². The lowest BCUT2D eigenvalue weighted by molar-refractivity contribution is 0.102. The van der Waals surface area contributed by atoms with Gasteiger partial charge in [-0.2, -0.15) is 9.47 Å². The third-order valence-electron chi connectivity index (χ3n) is 3.37. The molecule has 0 fully saturated rings. The third kappa shape index (κ3) is 4.20. The van der Waals surface area contributed by atoms with Crippen LogP contribution >= 0.6 is 46.7 Å². The SMILES string of the molecule is CSc1nsc(SC)c1C(=O)Nc1nn(Cc2ccccc2)cc1Cl. The van der Waals surface area contributed by atoms with E-state index in [0.29, 0.717) is 28.0 Å². The molecule has 25 heavy (non-hydrogen) atoms. The molecule has 2 heterocycles. The molecule has 0 saturated heterocycles. The second kappa shape index (κ2) is 8.27. The van der Waals surface area contributed by atoms with Crippen molar-refractivity contribution in [3.05, 3.63) is 52.7 Å². The second-order valence-electron chi connectivity index (χ2n) is 5.02. The number of hydrogen-bond donors (Lipinski definition) is 1. The van der Waals surface area contributed by atoms with Gasteiger partial charge in [-0.3, -0.25) is 9.48 Å². The van der Waals surface area contributed by atoms with Crippen LogP contribution in [0.5, 0.6) is 0 Å². The highest BCUT2D eigenvalue weighted by atomic mass is 35.5. The Morgan fingerprint density at radius 1 is 1.28 bits per heavy atom. The molecule has 0 aliphatic heterocycles. The molecular formula is C16H15ClN4OS3. The minimum atomic E-state index is -0.241. The summed E-state index contributed by atoms with van der Waals surface area (Å²) in [7, 11) is 0. The molecule has 3 aromatic rings. The molecule has 0 unspecified atom stereocenters. The Kier molecular flexibility index (Phi) is 6.06. The van der Waals surface area contributed by atoms with Gasteiger partial charge in [-0.1, -0.05) is 41.9 Å². The van der Waals surface area contributed by atoms with Crippen LogP contribution in [0.3, 0.4) is 0 Å². The van der Waals surface area contributed by atoms with E-state index in [-0.39, 0.29) is 5.91 Å². The van der Waals surface area contributed by atoms with Crippen molar-refractivity contribution in [1.29, 1.82) is 0 Å². The summed E-state index contributed by atoms with van der Waals surface area (Å²) in [5.74, 6) is 0.113. The molecule has 0 aliphatic carbocycles. The van der Waals surface area contributed by atoms with Crippen molar-refractivity contribution >= 4 is 58.4 Å².